The fraction of sp³-hybridized carbons (Fsp3) is 0.500. The molecule has 0 aromatic carbocycles. The van der Waals surface area contributed by atoms with Gasteiger partial charge in [-0.3, -0.25) is 0 Å². The molecule has 1 aliphatic heterocycles. The van der Waals surface area contributed by atoms with E-state index >= 15 is 0 Å². The van der Waals surface area contributed by atoms with E-state index in [4.69, 9.17) is 14.3 Å². The third-order valence-electron chi connectivity index (χ3n) is 3.07. The maximum atomic E-state index is 9.02. The Labute approximate surface area is 114 Å². The second-order valence-electron chi connectivity index (χ2n) is 4.40. The molecule has 19 heavy (non-hydrogen) atoms. The molecule has 1 aliphatic rings. The summed E-state index contributed by atoms with van der Waals surface area (Å²) in [7, 11) is 0. The van der Waals surface area contributed by atoms with Gasteiger partial charge in [0.2, 0.25) is 5.89 Å². The summed E-state index contributed by atoms with van der Waals surface area (Å²) in [5.41, 5.74) is 1.00. The Kier molecular flexibility index (Phi) is 3.25. The minimum atomic E-state index is 0.338. The summed E-state index contributed by atoms with van der Waals surface area (Å²) in [5.74, 6) is 2.89. The van der Waals surface area contributed by atoms with E-state index in [1.807, 2.05) is 11.8 Å². The first-order valence-corrected chi connectivity index (χ1v) is 7.12. The summed E-state index contributed by atoms with van der Waals surface area (Å²) >= 11 is 1.86. The molecule has 3 rings (SSSR count). The second-order valence-corrected chi connectivity index (χ2v) is 5.71. The molecule has 0 aliphatic carbocycles. The Bertz CT molecular complexity index is 622. The lowest BCUT2D eigenvalue weighted by Crippen LogP contribution is -1.94. The Morgan fingerprint density at radius 2 is 2.32 bits per heavy atom. The number of hydrogen-bond donors (Lipinski definition) is 0. The van der Waals surface area contributed by atoms with E-state index in [2.05, 4.69) is 21.4 Å². The highest BCUT2D eigenvalue weighted by molar-refractivity contribution is 7.99. The van der Waals surface area contributed by atoms with Crippen LogP contribution in [-0.2, 0) is 6.42 Å². The number of rotatable bonds is 3. The maximum absolute atomic E-state index is 9.02. The van der Waals surface area contributed by atoms with Crippen LogP contribution in [0.25, 0.3) is 0 Å². The van der Waals surface area contributed by atoms with Gasteiger partial charge in [0.15, 0.2) is 11.6 Å². The quantitative estimate of drug-likeness (QED) is 0.850. The summed E-state index contributed by atoms with van der Waals surface area (Å²) in [6.45, 7) is 1.71. The molecule has 1 unspecified atom stereocenters. The summed E-state index contributed by atoms with van der Waals surface area (Å²) < 4.78 is 10.2. The van der Waals surface area contributed by atoms with Crippen molar-refractivity contribution in [2.24, 2.45) is 0 Å². The van der Waals surface area contributed by atoms with E-state index in [-0.39, 0.29) is 0 Å². The molecule has 1 atom stereocenters. The van der Waals surface area contributed by atoms with E-state index in [9.17, 15) is 0 Å². The third kappa shape index (κ3) is 2.36. The average molecular weight is 276 g/mol. The smallest absolute Gasteiger partial charge is 0.232 e. The molecule has 2 aromatic heterocycles. The molecule has 6 nitrogen and oxygen atoms in total. The number of thioether (sulfide) groups is 1. The van der Waals surface area contributed by atoms with Gasteiger partial charge in [0, 0.05) is 0 Å². The van der Waals surface area contributed by atoms with E-state index < -0.39 is 0 Å². The van der Waals surface area contributed by atoms with Gasteiger partial charge in [0.25, 0.3) is 0 Å². The van der Waals surface area contributed by atoms with E-state index in [0.29, 0.717) is 34.6 Å². The molecule has 1 saturated heterocycles. The SMILES string of the molecule is Cc1onc(Cc2nc(C3CCCS3)no2)c1C#N. The number of aromatic nitrogens is 3. The van der Waals surface area contributed by atoms with Crippen molar-refractivity contribution in [3.8, 4) is 6.07 Å². The first-order valence-electron chi connectivity index (χ1n) is 6.07. The van der Waals surface area contributed by atoms with Gasteiger partial charge in [0.1, 0.15) is 17.3 Å². The molecule has 2 aromatic rings. The van der Waals surface area contributed by atoms with Gasteiger partial charge >= 0.3 is 0 Å². The topological polar surface area (TPSA) is 88.7 Å². The van der Waals surface area contributed by atoms with Gasteiger partial charge in [0.05, 0.1) is 11.7 Å². The largest absolute Gasteiger partial charge is 0.360 e. The molecular formula is C12H12N4O2S. The first-order chi connectivity index (χ1) is 9.28. The predicted molar refractivity (Wildman–Crippen MR) is 67.5 cm³/mol. The number of hydrogen-bond acceptors (Lipinski definition) is 7. The van der Waals surface area contributed by atoms with Crippen molar-refractivity contribution >= 4 is 11.8 Å². The van der Waals surface area contributed by atoms with Gasteiger partial charge in [-0.1, -0.05) is 10.3 Å². The van der Waals surface area contributed by atoms with Crippen LogP contribution in [0.15, 0.2) is 9.05 Å². The number of aryl methyl sites for hydroxylation is 1. The van der Waals surface area contributed by atoms with Crippen molar-refractivity contribution in [3.63, 3.8) is 0 Å². The highest BCUT2D eigenvalue weighted by Gasteiger charge is 2.24. The first kappa shape index (κ1) is 12.2. The fourth-order valence-electron chi connectivity index (χ4n) is 2.08. The van der Waals surface area contributed by atoms with Crippen LogP contribution >= 0.6 is 11.8 Å². The van der Waals surface area contributed by atoms with Crippen LogP contribution in [0.2, 0.25) is 0 Å². The van der Waals surface area contributed by atoms with Crippen molar-refractivity contribution in [2.75, 3.05) is 5.75 Å². The van der Waals surface area contributed by atoms with Crippen molar-refractivity contribution in [1.29, 1.82) is 5.26 Å². The van der Waals surface area contributed by atoms with Crippen molar-refractivity contribution in [1.82, 2.24) is 15.3 Å². The average Bonchev–Trinajstić information content (AvgIpc) is 3.11. The van der Waals surface area contributed by atoms with Crippen LogP contribution in [-0.4, -0.2) is 21.1 Å². The Hall–Kier alpha value is -1.81. The van der Waals surface area contributed by atoms with Gasteiger partial charge in [-0.25, -0.2) is 0 Å². The molecule has 98 valence electrons. The molecule has 7 heteroatoms. The summed E-state index contributed by atoms with van der Waals surface area (Å²) in [6.07, 6.45) is 2.63. The van der Waals surface area contributed by atoms with E-state index in [1.54, 1.807) is 6.92 Å². The zero-order chi connectivity index (χ0) is 13.2. The van der Waals surface area contributed by atoms with Crippen molar-refractivity contribution in [3.05, 3.63) is 28.7 Å². The van der Waals surface area contributed by atoms with Gasteiger partial charge < -0.3 is 9.05 Å². The summed E-state index contributed by atoms with van der Waals surface area (Å²) in [5, 5.41) is 17.2. The molecule has 1 fully saturated rings. The van der Waals surface area contributed by atoms with Crippen molar-refractivity contribution in [2.45, 2.75) is 31.4 Å². The maximum Gasteiger partial charge on any atom is 0.232 e. The normalized spacial score (nSPS) is 18.6. The third-order valence-corrected chi connectivity index (χ3v) is 4.44. The molecule has 0 saturated carbocycles. The van der Waals surface area contributed by atoms with Crippen molar-refractivity contribution < 1.29 is 9.05 Å². The number of nitrogens with zero attached hydrogens (tertiary/aromatic N) is 4. The van der Waals surface area contributed by atoms with E-state index in [0.717, 1.165) is 18.0 Å². The highest BCUT2D eigenvalue weighted by atomic mass is 32.2. The molecular weight excluding hydrogens is 264 g/mol. The summed E-state index contributed by atoms with van der Waals surface area (Å²) in [6, 6.07) is 2.08. The zero-order valence-corrected chi connectivity index (χ0v) is 11.2. The fourth-order valence-corrected chi connectivity index (χ4v) is 3.27. The minimum Gasteiger partial charge on any atom is -0.360 e. The molecule has 0 bridgehead atoms. The predicted octanol–water partition coefficient (Wildman–Crippen LogP) is 2.40. The van der Waals surface area contributed by atoms with Crippen LogP contribution in [0, 0.1) is 18.3 Å². The van der Waals surface area contributed by atoms with E-state index in [1.165, 1.54) is 6.42 Å². The second kappa shape index (κ2) is 5.05. The van der Waals surface area contributed by atoms with Gasteiger partial charge in [-0.2, -0.15) is 22.0 Å². The highest BCUT2D eigenvalue weighted by Crippen LogP contribution is 2.38. The van der Waals surface area contributed by atoms with Crippen LogP contribution in [0.1, 0.15) is 46.8 Å². The Balaban J connectivity index is 1.78. The monoisotopic (exact) mass is 276 g/mol. The van der Waals surface area contributed by atoms with Crippen LogP contribution in [0.3, 0.4) is 0 Å². The van der Waals surface area contributed by atoms with Gasteiger partial charge in [-0.15, -0.1) is 0 Å². The number of nitriles is 1. The Morgan fingerprint density at radius 3 is 3.05 bits per heavy atom. The van der Waals surface area contributed by atoms with Crippen LogP contribution in [0.5, 0.6) is 0 Å². The standard InChI is InChI=1S/C12H12N4O2S/c1-7-8(6-13)9(15-17-7)5-11-14-12(16-18-11)10-3-2-4-19-10/h10H,2-5H2,1H3. The molecule has 0 spiro atoms. The van der Waals surface area contributed by atoms with Gasteiger partial charge in [-0.05, 0) is 25.5 Å². The van der Waals surface area contributed by atoms with Crippen LogP contribution < -0.4 is 0 Å². The lowest BCUT2D eigenvalue weighted by Gasteiger charge is -1.98. The lowest BCUT2D eigenvalue weighted by atomic mass is 10.1. The molecule has 0 amide bonds. The minimum absolute atomic E-state index is 0.338. The molecule has 3 heterocycles. The zero-order valence-electron chi connectivity index (χ0n) is 10.4. The Morgan fingerprint density at radius 1 is 1.42 bits per heavy atom. The van der Waals surface area contributed by atoms with Crippen LogP contribution in [0.4, 0.5) is 0 Å². The lowest BCUT2D eigenvalue weighted by molar-refractivity contribution is 0.367. The molecule has 0 N–H and O–H groups in total. The summed E-state index contributed by atoms with van der Waals surface area (Å²) in [4.78, 5) is 4.38. The molecule has 0 radical (unpaired) electrons.